The number of aldehydes is 1. The maximum Gasteiger partial charge on any atom is 0.151 e. The average Bonchev–Trinajstić information content (AvgIpc) is 2.57. The molecule has 2 heterocycles. The van der Waals surface area contributed by atoms with Crippen molar-refractivity contribution >= 4 is 6.29 Å². The van der Waals surface area contributed by atoms with Crippen LogP contribution in [0.1, 0.15) is 46.0 Å². The molecule has 86 valence electrons. The highest BCUT2D eigenvalue weighted by Gasteiger charge is 2.48. The summed E-state index contributed by atoms with van der Waals surface area (Å²) in [6.07, 6.45) is 6.04. The third kappa shape index (κ3) is 2.08. The van der Waals surface area contributed by atoms with Gasteiger partial charge in [0.1, 0.15) is 5.60 Å². The first-order valence-corrected chi connectivity index (χ1v) is 5.89. The van der Waals surface area contributed by atoms with Crippen LogP contribution in [-0.4, -0.2) is 30.2 Å². The molecule has 2 saturated heterocycles. The molecule has 0 aromatic rings. The number of rotatable bonds is 2. The molecule has 0 bridgehead atoms. The van der Waals surface area contributed by atoms with Gasteiger partial charge in [-0.1, -0.05) is 6.92 Å². The van der Waals surface area contributed by atoms with Crippen molar-refractivity contribution in [1.82, 2.24) is 0 Å². The molecule has 15 heavy (non-hydrogen) atoms. The van der Waals surface area contributed by atoms with Crippen LogP contribution in [0.15, 0.2) is 0 Å². The Bertz CT molecular complexity index is 253. The summed E-state index contributed by atoms with van der Waals surface area (Å²) in [5.41, 5.74) is -0.621. The maximum absolute atomic E-state index is 10.9. The van der Waals surface area contributed by atoms with E-state index in [1.54, 1.807) is 0 Å². The summed E-state index contributed by atoms with van der Waals surface area (Å²) < 4.78 is 11.7. The fourth-order valence-corrected chi connectivity index (χ4v) is 2.73. The smallest absolute Gasteiger partial charge is 0.151 e. The minimum absolute atomic E-state index is 0.0748. The molecule has 0 aromatic heterocycles. The van der Waals surface area contributed by atoms with Crippen LogP contribution in [0.25, 0.3) is 0 Å². The lowest BCUT2D eigenvalue weighted by Crippen LogP contribution is -2.42. The van der Waals surface area contributed by atoms with Gasteiger partial charge in [0, 0.05) is 13.0 Å². The molecule has 0 amide bonds. The van der Waals surface area contributed by atoms with Crippen molar-refractivity contribution in [3.05, 3.63) is 0 Å². The molecule has 2 fully saturated rings. The van der Waals surface area contributed by atoms with Crippen LogP contribution in [0, 0.1) is 0 Å². The summed E-state index contributed by atoms with van der Waals surface area (Å²) in [7, 11) is 0. The molecular formula is C12H20O3. The Kier molecular flexibility index (Phi) is 2.86. The van der Waals surface area contributed by atoms with Gasteiger partial charge in [-0.15, -0.1) is 0 Å². The highest BCUT2D eigenvalue weighted by Crippen LogP contribution is 2.44. The van der Waals surface area contributed by atoms with E-state index in [9.17, 15) is 4.79 Å². The zero-order valence-corrected chi connectivity index (χ0v) is 9.62. The van der Waals surface area contributed by atoms with Crippen molar-refractivity contribution in [3.8, 4) is 0 Å². The van der Waals surface area contributed by atoms with E-state index >= 15 is 0 Å². The lowest BCUT2D eigenvalue weighted by atomic mass is 9.86. The monoisotopic (exact) mass is 212 g/mol. The van der Waals surface area contributed by atoms with Crippen LogP contribution in [0.3, 0.4) is 0 Å². The van der Waals surface area contributed by atoms with Gasteiger partial charge < -0.3 is 14.3 Å². The first-order valence-electron chi connectivity index (χ1n) is 5.89. The van der Waals surface area contributed by atoms with Gasteiger partial charge in [-0.25, -0.2) is 0 Å². The fourth-order valence-electron chi connectivity index (χ4n) is 2.73. The van der Waals surface area contributed by atoms with Crippen LogP contribution in [-0.2, 0) is 14.3 Å². The molecule has 0 N–H and O–H groups in total. The summed E-state index contributed by atoms with van der Waals surface area (Å²) in [6, 6.07) is 0. The Labute approximate surface area is 91.1 Å². The average molecular weight is 212 g/mol. The van der Waals surface area contributed by atoms with Gasteiger partial charge in [0.15, 0.2) is 6.29 Å². The standard InChI is InChI=1S/C12H20O3/c1-3-10-8-12(6-7-14-10)5-4-11(2,9-13)15-12/h9-10H,3-8H2,1-2H3. The number of ether oxygens (including phenoxy) is 2. The first kappa shape index (κ1) is 11.1. The van der Waals surface area contributed by atoms with Crippen molar-refractivity contribution in [2.75, 3.05) is 6.61 Å². The zero-order valence-electron chi connectivity index (χ0n) is 9.62. The predicted molar refractivity (Wildman–Crippen MR) is 56.8 cm³/mol. The second-order valence-electron chi connectivity index (χ2n) is 5.07. The number of carbonyl (C=O) groups excluding carboxylic acids is 1. The summed E-state index contributed by atoms with van der Waals surface area (Å²) in [6.45, 7) is 4.80. The number of carbonyl (C=O) groups is 1. The van der Waals surface area contributed by atoms with Crippen LogP contribution < -0.4 is 0 Å². The highest BCUT2D eigenvalue weighted by molar-refractivity contribution is 5.62. The quantitative estimate of drug-likeness (QED) is 0.657. The Hall–Kier alpha value is -0.410. The molecule has 0 aliphatic carbocycles. The molecule has 0 saturated carbocycles. The van der Waals surface area contributed by atoms with E-state index in [4.69, 9.17) is 9.47 Å². The van der Waals surface area contributed by atoms with E-state index in [-0.39, 0.29) is 5.60 Å². The SMILES string of the molecule is CCC1CC2(CCO1)CCC(C)(C=O)O2. The minimum atomic E-state index is -0.546. The molecule has 0 aromatic carbocycles. The van der Waals surface area contributed by atoms with E-state index in [2.05, 4.69) is 6.92 Å². The van der Waals surface area contributed by atoms with E-state index in [0.717, 1.165) is 45.0 Å². The molecule has 3 atom stereocenters. The Balaban J connectivity index is 2.05. The molecule has 2 rings (SSSR count). The van der Waals surface area contributed by atoms with Crippen molar-refractivity contribution in [1.29, 1.82) is 0 Å². The third-order valence-corrected chi connectivity index (χ3v) is 3.74. The van der Waals surface area contributed by atoms with Gasteiger partial charge in [0.25, 0.3) is 0 Å². The zero-order chi connectivity index (χ0) is 10.9. The van der Waals surface area contributed by atoms with Gasteiger partial charge in [-0.3, -0.25) is 0 Å². The lowest BCUT2D eigenvalue weighted by molar-refractivity contribution is -0.163. The van der Waals surface area contributed by atoms with Crippen LogP contribution >= 0.6 is 0 Å². The molecule has 1 spiro atoms. The first-order chi connectivity index (χ1) is 7.11. The number of hydrogen-bond acceptors (Lipinski definition) is 3. The number of hydrogen-bond donors (Lipinski definition) is 0. The Morgan fingerprint density at radius 1 is 1.40 bits per heavy atom. The van der Waals surface area contributed by atoms with Crippen molar-refractivity contribution in [2.45, 2.75) is 63.3 Å². The minimum Gasteiger partial charge on any atom is -0.378 e. The Morgan fingerprint density at radius 2 is 2.20 bits per heavy atom. The summed E-state index contributed by atoms with van der Waals surface area (Å²) in [5, 5.41) is 0. The molecule has 3 unspecified atom stereocenters. The third-order valence-electron chi connectivity index (χ3n) is 3.74. The molecular weight excluding hydrogens is 192 g/mol. The van der Waals surface area contributed by atoms with Crippen LogP contribution in [0.4, 0.5) is 0 Å². The highest BCUT2D eigenvalue weighted by atomic mass is 16.5. The van der Waals surface area contributed by atoms with E-state index < -0.39 is 5.60 Å². The van der Waals surface area contributed by atoms with Gasteiger partial charge >= 0.3 is 0 Å². The maximum atomic E-state index is 10.9. The van der Waals surface area contributed by atoms with Crippen LogP contribution in [0.5, 0.6) is 0 Å². The van der Waals surface area contributed by atoms with Gasteiger partial charge in [0.2, 0.25) is 0 Å². The lowest BCUT2D eigenvalue weighted by Gasteiger charge is -2.38. The topological polar surface area (TPSA) is 35.5 Å². The summed E-state index contributed by atoms with van der Waals surface area (Å²) in [5.74, 6) is 0. The molecule has 3 heteroatoms. The largest absolute Gasteiger partial charge is 0.378 e. The van der Waals surface area contributed by atoms with Gasteiger partial charge in [0.05, 0.1) is 11.7 Å². The summed E-state index contributed by atoms with van der Waals surface area (Å²) >= 11 is 0. The predicted octanol–water partition coefficient (Wildman–Crippen LogP) is 2.08. The van der Waals surface area contributed by atoms with Gasteiger partial charge in [-0.05, 0) is 32.6 Å². The molecule has 0 radical (unpaired) electrons. The van der Waals surface area contributed by atoms with Crippen molar-refractivity contribution in [2.24, 2.45) is 0 Å². The Morgan fingerprint density at radius 3 is 2.80 bits per heavy atom. The van der Waals surface area contributed by atoms with E-state index in [0.29, 0.717) is 6.10 Å². The normalized spacial score (nSPS) is 45.9. The fraction of sp³-hybridized carbons (Fsp3) is 0.917. The van der Waals surface area contributed by atoms with Crippen molar-refractivity contribution < 1.29 is 14.3 Å². The van der Waals surface area contributed by atoms with Crippen LogP contribution in [0.2, 0.25) is 0 Å². The van der Waals surface area contributed by atoms with Gasteiger partial charge in [-0.2, -0.15) is 0 Å². The molecule has 2 aliphatic rings. The molecule has 3 nitrogen and oxygen atoms in total. The van der Waals surface area contributed by atoms with Crippen molar-refractivity contribution in [3.63, 3.8) is 0 Å². The summed E-state index contributed by atoms with van der Waals surface area (Å²) in [4.78, 5) is 10.9. The van der Waals surface area contributed by atoms with E-state index in [1.807, 2.05) is 6.92 Å². The molecule has 2 aliphatic heterocycles. The van der Waals surface area contributed by atoms with E-state index in [1.165, 1.54) is 0 Å². The second-order valence-corrected chi connectivity index (χ2v) is 5.07. The second kappa shape index (κ2) is 3.87.